The molecular formula is C17H19NO3. The normalized spacial score (nSPS) is 39.9. The van der Waals surface area contributed by atoms with Crippen molar-refractivity contribution in [2.45, 2.75) is 37.2 Å². The maximum absolute atomic E-state index is 12.7. The molecule has 4 aliphatic rings. The number of likely N-dealkylation sites (tertiary alicyclic amines) is 1. The highest BCUT2D eigenvalue weighted by molar-refractivity contribution is 5.92. The number of hydrogen-bond donors (Lipinski definition) is 1. The first-order valence-corrected chi connectivity index (χ1v) is 7.81. The topological polar surface area (TPSA) is 49.8 Å². The first kappa shape index (κ1) is 12.0. The molecule has 1 saturated heterocycles. The van der Waals surface area contributed by atoms with Crippen LogP contribution in [0.4, 0.5) is 0 Å². The van der Waals surface area contributed by atoms with Gasteiger partial charge in [-0.2, -0.15) is 0 Å². The summed E-state index contributed by atoms with van der Waals surface area (Å²) < 4.78 is 6.04. The van der Waals surface area contributed by atoms with E-state index in [1.54, 1.807) is 6.07 Å². The molecule has 1 saturated carbocycles. The van der Waals surface area contributed by atoms with Crippen molar-refractivity contribution in [1.29, 1.82) is 0 Å². The Kier molecular flexibility index (Phi) is 1.97. The van der Waals surface area contributed by atoms with E-state index in [1.807, 2.05) is 6.07 Å². The first-order valence-electron chi connectivity index (χ1n) is 7.81. The van der Waals surface area contributed by atoms with Crippen molar-refractivity contribution < 1.29 is 14.6 Å². The summed E-state index contributed by atoms with van der Waals surface area (Å²) in [7, 11) is 2.15. The van der Waals surface area contributed by atoms with Crippen LogP contribution < -0.4 is 4.74 Å². The van der Waals surface area contributed by atoms with Crippen LogP contribution >= 0.6 is 0 Å². The number of nitrogens with zero attached hydrogens (tertiary/aromatic N) is 1. The van der Waals surface area contributed by atoms with Crippen LogP contribution in [0.15, 0.2) is 12.1 Å². The molecule has 21 heavy (non-hydrogen) atoms. The number of hydrogen-bond acceptors (Lipinski definition) is 4. The highest BCUT2D eigenvalue weighted by Crippen LogP contribution is 2.68. The van der Waals surface area contributed by atoms with Crippen molar-refractivity contribution in [3.8, 4) is 11.5 Å². The van der Waals surface area contributed by atoms with E-state index in [2.05, 4.69) is 11.9 Å². The predicted octanol–water partition coefficient (Wildman–Crippen LogP) is 1.63. The van der Waals surface area contributed by atoms with Gasteiger partial charge < -0.3 is 14.7 Å². The molecule has 110 valence electrons. The second-order valence-corrected chi connectivity index (χ2v) is 7.33. The number of Topliss-reactive ketones (excluding diaryl/α,β-unsaturated/α-hetero) is 1. The Labute approximate surface area is 123 Å². The summed E-state index contributed by atoms with van der Waals surface area (Å²) in [5.41, 5.74) is 2.27. The number of ether oxygens (including phenoxy) is 1. The summed E-state index contributed by atoms with van der Waals surface area (Å²) in [5, 5.41) is 10.2. The highest BCUT2D eigenvalue weighted by atomic mass is 16.5. The molecule has 2 heterocycles. The van der Waals surface area contributed by atoms with Crippen LogP contribution in [0, 0.1) is 5.41 Å². The van der Waals surface area contributed by atoms with Crippen LogP contribution in [0.25, 0.3) is 0 Å². The van der Waals surface area contributed by atoms with Crippen LogP contribution in [0.5, 0.6) is 11.5 Å². The number of aromatic hydroxyl groups is 1. The molecule has 1 aromatic carbocycles. The van der Waals surface area contributed by atoms with Gasteiger partial charge in [0, 0.05) is 23.9 Å². The lowest BCUT2D eigenvalue weighted by Gasteiger charge is -2.54. The molecule has 1 aromatic rings. The van der Waals surface area contributed by atoms with Gasteiger partial charge in [0.25, 0.3) is 0 Å². The number of rotatable bonds is 0. The number of carbonyl (C=O) groups excluding carboxylic acids is 1. The van der Waals surface area contributed by atoms with Gasteiger partial charge in [-0.05, 0) is 44.5 Å². The van der Waals surface area contributed by atoms with E-state index in [0.717, 1.165) is 37.9 Å². The fraction of sp³-hybridized carbons (Fsp3) is 0.588. The Bertz CT molecular complexity index is 685. The van der Waals surface area contributed by atoms with Crippen molar-refractivity contribution in [3.63, 3.8) is 0 Å². The molecule has 5 rings (SSSR count). The zero-order valence-corrected chi connectivity index (χ0v) is 12.2. The number of piperidine rings is 1. The molecule has 0 aromatic heterocycles. The first-order chi connectivity index (χ1) is 10.1. The maximum atomic E-state index is 12.7. The Balaban J connectivity index is 1.85. The number of phenols is 1. The van der Waals surface area contributed by atoms with Gasteiger partial charge >= 0.3 is 0 Å². The van der Waals surface area contributed by atoms with Gasteiger partial charge in [0.2, 0.25) is 0 Å². The molecule has 1 spiro atoms. The molecule has 4 heteroatoms. The minimum Gasteiger partial charge on any atom is -0.504 e. The number of ketones is 1. The minimum atomic E-state index is -0.367. The molecular weight excluding hydrogens is 266 g/mol. The van der Waals surface area contributed by atoms with Gasteiger partial charge in [-0.3, -0.25) is 4.79 Å². The zero-order chi connectivity index (χ0) is 14.4. The predicted molar refractivity (Wildman–Crippen MR) is 76.7 cm³/mol. The van der Waals surface area contributed by atoms with Crippen LogP contribution in [-0.2, 0) is 16.6 Å². The van der Waals surface area contributed by atoms with Crippen LogP contribution in [0.2, 0.25) is 0 Å². The largest absolute Gasteiger partial charge is 0.504 e. The number of phenolic OH excluding ortho intramolecular Hbond substituents is 1. The Hall–Kier alpha value is -1.55. The molecule has 0 amide bonds. The molecule has 2 aliphatic carbocycles. The van der Waals surface area contributed by atoms with Crippen molar-refractivity contribution in [3.05, 3.63) is 23.3 Å². The van der Waals surface area contributed by atoms with Crippen LogP contribution in [0.3, 0.4) is 0 Å². The third kappa shape index (κ3) is 1.13. The van der Waals surface area contributed by atoms with E-state index in [1.165, 1.54) is 5.56 Å². The number of benzene rings is 1. The Morgan fingerprint density at radius 2 is 2.24 bits per heavy atom. The standard InChI is InChI=1S/C17H19NO3/c1-18-7-6-17-13-10-2-3-11(19)14(13)21-15(17)12(20)8-16(17,9-18)5-4-10/h2-3,15,19H,4-9H2,1H3/t15-,16-,17-/m0/s1. The zero-order valence-electron chi connectivity index (χ0n) is 12.2. The number of aryl methyl sites for hydroxylation is 1. The highest BCUT2D eigenvalue weighted by Gasteiger charge is 2.72. The summed E-state index contributed by atoms with van der Waals surface area (Å²) >= 11 is 0. The quantitative estimate of drug-likeness (QED) is 0.787. The summed E-state index contributed by atoms with van der Waals surface area (Å²) in [6, 6.07) is 3.75. The van der Waals surface area contributed by atoms with Gasteiger partial charge in [0.1, 0.15) is 0 Å². The summed E-state index contributed by atoms with van der Waals surface area (Å²) in [6.45, 7) is 1.95. The third-order valence-electron chi connectivity index (χ3n) is 6.44. The molecule has 0 radical (unpaired) electrons. The van der Waals surface area contributed by atoms with Crippen LogP contribution in [0.1, 0.15) is 30.4 Å². The van der Waals surface area contributed by atoms with Crippen molar-refractivity contribution in [1.82, 2.24) is 4.90 Å². The second kappa shape index (κ2) is 3.43. The average molecular weight is 285 g/mol. The van der Waals surface area contributed by atoms with Gasteiger partial charge in [0.15, 0.2) is 23.4 Å². The SMILES string of the molecule is CN1CC[C@]23c4c5ccc(O)c4O[C@H]2C(=O)C[C@@]3(CC5)C1. The molecule has 3 atom stereocenters. The lowest BCUT2D eigenvalue weighted by atomic mass is 9.52. The monoisotopic (exact) mass is 285 g/mol. The smallest absolute Gasteiger partial charge is 0.174 e. The lowest BCUT2D eigenvalue weighted by molar-refractivity contribution is -0.123. The van der Waals surface area contributed by atoms with Gasteiger partial charge in [-0.25, -0.2) is 0 Å². The molecule has 0 bridgehead atoms. The van der Waals surface area contributed by atoms with E-state index in [0.29, 0.717) is 12.2 Å². The summed E-state index contributed by atoms with van der Waals surface area (Å²) in [4.78, 5) is 15.0. The summed E-state index contributed by atoms with van der Waals surface area (Å²) in [5.74, 6) is 1.02. The molecule has 4 nitrogen and oxygen atoms in total. The Morgan fingerprint density at radius 1 is 1.38 bits per heavy atom. The van der Waals surface area contributed by atoms with E-state index in [4.69, 9.17) is 4.74 Å². The number of carbonyl (C=O) groups is 1. The minimum absolute atomic E-state index is 0.00773. The molecule has 2 aliphatic heterocycles. The van der Waals surface area contributed by atoms with E-state index in [9.17, 15) is 9.90 Å². The van der Waals surface area contributed by atoms with E-state index < -0.39 is 0 Å². The maximum Gasteiger partial charge on any atom is 0.174 e. The van der Waals surface area contributed by atoms with E-state index >= 15 is 0 Å². The average Bonchev–Trinajstić information content (AvgIpc) is 2.92. The van der Waals surface area contributed by atoms with Crippen molar-refractivity contribution in [2.75, 3.05) is 20.1 Å². The fourth-order valence-corrected chi connectivity index (χ4v) is 5.69. The summed E-state index contributed by atoms with van der Waals surface area (Å²) in [6.07, 6.45) is 3.27. The third-order valence-corrected chi connectivity index (χ3v) is 6.44. The second-order valence-electron chi connectivity index (χ2n) is 7.33. The van der Waals surface area contributed by atoms with Crippen LogP contribution in [-0.4, -0.2) is 42.0 Å². The Morgan fingerprint density at radius 3 is 3.10 bits per heavy atom. The van der Waals surface area contributed by atoms with E-state index in [-0.39, 0.29) is 28.5 Å². The van der Waals surface area contributed by atoms with Gasteiger partial charge in [0.05, 0.1) is 5.41 Å². The molecule has 1 N–H and O–H groups in total. The van der Waals surface area contributed by atoms with Gasteiger partial charge in [-0.1, -0.05) is 6.07 Å². The van der Waals surface area contributed by atoms with Crippen molar-refractivity contribution in [2.24, 2.45) is 5.41 Å². The van der Waals surface area contributed by atoms with Gasteiger partial charge in [-0.15, -0.1) is 0 Å². The fourth-order valence-electron chi connectivity index (χ4n) is 5.69. The molecule has 0 unspecified atom stereocenters. The lowest BCUT2D eigenvalue weighted by Crippen LogP contribution is -2.59. The molecule has 2 fully saturated rings. The van der Waals surface area contributed by atoms with Crippen molar-refractivity contribution >= 4 is 5.78 Å².